The largest absolute Gasteiger partial charge is 0.256 e. The van der Waals surface area contributed by atoms with Gasteiger partial charge in [-0.1, -0.05) is 12.1 Å². The van der Waals surface area contributed by atoms with Crippen molar-refractivity contribution in [3.63, 3.8) is 0 Å². The molecule has 15 heavy (non-hydrogen) atoms. The molecule has 0 saturated carbocycles. The van der Waals surface area contributed by atoms with E-state index in [-0.39, 0.29) is 17.3 Å². The second-order valence-corrected chi connectivity index (χ2v) is 4.46. The van der Waals surface area contributed by atoms with Gasteiger partial charge in [0.1, 0.15) is 0 Å². The minimum Gasteiger partial charge on any atom is -0.256 e. The number of rotatable bonds is 1. The Kier molecular flexibility index (Phi) is 3.28. The number of fused-ring (bicyclic) bond motifs is 1. The van der Waals surface area contributed by atoms with Crippen molar-refractivity contribution in [1.29, 1.82) is 0 Å². The van der Waals surface area contributed by atoms with Gasteiger partial charge in [0.25, 0.3) is 0 Å². The maximum atomic E-state index is 11.0. The summed E-state index contributed by atoms with van der Waals surface area (Å²) < 4.78 is 22.1. The van der Waals surface area contributed by atoms with Crippen LogP contribution in [0, 0.1) is 0 Å². The van der Waals surface area contributed by atoms with Crippen molar-refractivity contribution in [3.8, 4) is 0 Å². The maximum absolute atomic E-state index is 11.0. The van der Waals surface area contributed by atoms with Crippen molar-refractivity contribution < 1.29 is 8.42 Å². The molecule has 0 unspecified atom stereocenters. The molecule has 0 spiro atoms. The van der Waals surface area contributed by atoms with Crippen molar-refractivity contribution >= 4 is 33.3 Å². The summed E-state index contributed by atoms with van der Waals surface area (Å²) >= 11 is 0. The van der Waals surface area contributed by atoms with E-state index in [2.05, 4.69) is 4.98 Å². The Labute approximate surface area is 93.6 Å². The number of sulfonamides is 1. The van der Waals surface area contributed by atoms with Crippen LogP contribution in [-0.2, 0) is 10.0 Å². The van der Waals surface area contributed by atoms with Gasteiger partial charge in [0, 0.05) is 11.6 Å². The Morgan fingerprint density at radius 2 is 1.93 bits per heavy atom. The molecule has 1 heterocycles. The molecule has 2 N–H and O–H groups in total. The molecule has 0 aliphatic heterocycles. The third-order valence-corrected chi connectivity index (χ3v) is 2.82. The van der Waals surface area contributed by atoms with E-state index in [1.54, 1.807) is 18.3 Å². The van der Waals surface area contributed by atoms with Crippen molar-refractivity contribution in [2.45, 2.75) is 4.90 Å². The zero-order chi connectivity index (χ0) is 10.2. The number of primary sulfonamides is 1. The summed E-state index contributed by atoms with van der Waals surface area (Å²) in [7, 11) is -3.63. The number of nitrogens with two attached hydrogens (primary N) is 1. The second kappa shape index (κ2) is 4.14. The molecule has 0 radical (unpaired) electrons. The molecular weight excluding hydrogens is 236 g/mol. The molecule has 2 aromatic rings. The van der Waals surface area contributed by atoms with Gasteiger partial charge in [-0.3, -0.25) is 4.98 Å². The van der Waals surface area contributed by atoms with Crippen LogP contribution >= 0.6 is 12.4 Å². The first-order valence-electron chi connectivity index (χ1n) is 3.95. The molecule has 4 nitrogen and oxygen atoms in total. The molecule has 6 heteroatoms. The molecular formula is C9H9ClN2O2S. The van der Waals surface area contributed by atoms with Gasteiger partial charge in [-0.25, -0.2) is 13.6 Å². The van der Waals surface area contributed by atoms with E-state index < -0.39 is 10.0 Å². The number of benzene rings is 1. The van der Waals surface area contributed by atoms with Gasteiger partial charge in [0.2, 0.25) is 10.0 Å². The highest BCUT2D eigenvalue weighted by molar-refractivity contribution is 7.89. The predicted octanol–water partition coefficient (Wildman–Crippen LogP) is 1.30. The van der Waals surface area contributed by atoms with Crippen LogP contribution in [0.5, 0.6) is 0 Å². The Hall–Kier alpha value is -1.17. The summed E-state index contributed by atoms with van der Waals surface area (Å²) in [4.78, 5) is 4.12. The van der Waals surface area contributed by atoms with Crippen LogP contribution in [0.15, 0.2) is 41.4 Å². The topological polar surface area (TPSA) is 73.1 Å². The third-order valence-electron chi connectivity index (χ3n) is 1.91. The number of nitrogens with zero attached hydrogens (tertiary/aromatic N) is 1. The van der Waals surface area contributed by atoms with E-state index >= 15 is 0 Å². The van der Waals surface area contributed by atoms with Gasteiger partial charge in [0.05, 0.1) is 10.4 Å². The average molecular weight is 245 g/mol. The Morgan fingerprint density at radius 1 is 1.20 bits per heavy atom. The molecule has 0 aliphatic rings. The fourth-order valence-corrected chi connectivity index (χ4v) is 1.76. The highest BCUT2D eigenvalue weighted by Gasteiger charge is 2.07. The summed E-state index contributed by atoms with van der Waals surface area (Å²) in [5.74, 6) is 0. The van der Waals surface area contributed by atoms with Crippen LogP contribution < -0.4 is 5.14 Å². The molecule has 2 rings (SSSR count). The Bertz CT molecular complexity index is 583. The van der Waals surface area contributed by atoms with Crippen LogP contribution in [0.2, 0.25) is 0 Å². The lowest BCUT2D eigenvalue weighted by molar-refractivity contribution is 0.598. The molecule has 0 saturated heterocycles. The van der Waals surface area contributed by atoms with Gasteiger partial charge in [-0.15, -0.1) is 12.4 Å². The maximum Gasteiger partial charge on any atom is 0.238 e. The molecule has 1 aromatic heterocycles. The number of hydrogen-bond acceptors (Lipinski definition) is 3. The van der Waals surface area contributed by atoms with Gasteiger partial charge >= 0.3 is 0 Å². The summed E-state index contributed by atoms with van der Waals surface area (Å²) in [5.41, 5.74) is 0.624. The van der Waals surface area contributed by atoms with Crippen LogP contribution in [0.25, 0.3) is 10.9 Å². The predicted molar refractivity (Wildman–Crippen MR) is 60.4 cm³/mol. The summed E-state index contributed by atoms with van der Waals surface area (Å²) in [6.07, 6.45) is 1.61. The van der Waals surface area contributed by atoms with E-state index in [1.165, 1.54) is 12.1 Å². The van der Waals surface area contributed by atoms with E-state index in [0.717, 1.165) is 5.39 Å². The van der Waals surface area contributed by atoms with Crippen molar-refractivity contribution in [2.24, 2.45) is 5.14 Å². The SMILES string of the molecule is Cl.NS(=O)(=O)c1ccc2cccnc2c1. The zero-order valence-electron chi connectivity index (χ0n) is 7.62. The van der Waals surface area contributed by atoms with Crippen LogP contribution in [-0.4, -0.2) is 13.4 Å². The van der Waals surface area contributed by atoms with E-state index in [4.69, 9.17) is 5.14 Å². The monoisotopic (exact) mass is 244 g/mol. The fourth-order valence-electron chi connectivity index (χ4n) is 1.22. The zero-order valence-corrected chi connectivity index (χ0v) is 9.25. The van der Waals surface area contributed by atoms with E-state index in [1.807, 2.05) is 6.07 Å². The first-order chi connectivity index (χ1) is 6.57. The number of hydrogen-bond donors (Lipinski definition) is 1. The van der Waals surface area contributed by atoms with Crippen LogP contribution in [0.1, 0.15) is 0 Å². The highest BCUT2D eigenvalue weighted by atomic mass is 35.5. The summed E-state index contributed by atoms with van der Waals surface area (Å²) in [6, 6.07) is 8.26. The molecule has 0 atom stereocenters. The summed E-state index contributed by atoms with van der Waals surface area (Å²) in [6.45, 7) is 0. The first-order valence-corrected chi connectivity index (χ1v) is 5.49. The smallest absolute Gasteiger partial charge is 0.238 e. The Balaban J connectivity index is 0.00000112. The number of pyridine rings is 1. The minimum atomic E-state index is -3.63. The molecule has 0 aliphatic carbocycles. The lowest BCUT2D eigenvalue weighted by atomic mass is 10.2. The quantitative estimate of drug-likeness (QED) is 0.822. The molecule has 0 fully saturated rings. The van der Waals surface area contributed by atoms with Gasteiger partial charge < -0.3 is 0 Å². The van der Waals surface area contributed by atoms with Gasteiger partial charge in [0.15, 0.2) is 0 Å². The lowest BCUT2D eigenvalue weighted by Gasteiger charge is -1.99. The molecule has 80 valence electrons. The highest BCUT2D eigenvalue weighted by Crippen LogP contribution is 2.15. The minimum absolute atomic E-state index is 0. The average Bonchev–Trinajstić information content (AvgIpc) is 2.16. The van der Waals surface area contributed by atoms with Crippen molar-refractivity contribution in [2.75, 3.05) is 0 Å². The molecule has 0 amide bonds. The van der Waals surface area contributed by atoms with Crippen molar-refractivity contribution in [1.82, 2.24) is 4.98 Å². The number of aromatic nitrogens is 1. The van der Waals surface area contributed by atoms with Crippen molar-refractivity contribution in [3.05, 3.63) is 36.5 Å². The second-order valence-electron chi connectivity index (χ2n) is 2.90. The number of halogens is 1. The fraction of sp³-hybridized carbons (Fsp3) is 0. The third kappa shape index (κ3) is 2.44. The van der Waals surface area contributed by atoms with Crippen LogP contribution in [0.4, 0.5) is 0 Å². The van der Waals surface area contributed by atoms with Gasteiger partial charge in [-0.05, 0) is 18.2 Å². The standard InChI is InChI=1S/C9H8N2O2S.ClH/c10-14(12,13)8-4-3-7-2-1-5-11-9(7)6-8;/h1-6H,(H2,10,12,13);1H. The normalized spacial score (nSPS) is 11.0. The molecule has 1 aromatic carbocycles. The molecule has 0 bridgehead atoms. The van der Waals surface area contributed by atoms with E-state index in [0.29, 0.717) is 5.52 Å². The van der Waals surface area contributed by atoms with Gasteiger partial charge in [-0.2, -0.15) is 0 Å². The van der Waals surface area contributed by atoms with Crippen LogP contribution in [0.3, 0.4) is 0 Å². The van der Waals surface area contributed by atoms with E-state index in [9.17, 15) is 8.42 Å². The first kappa shape index (κ1) is 11.9. The summed E-state index contributed by atoms with van der Waals surface area (Å²) in [5, 5.41) is 5.88. The Morgan fingerprint density at radius 3 is 2.60 bits per heavy atom. The lowest BCUT2D eigenvalue weighted by Crippen LogP contribution is -2.11.